The van der Waals surface area contributed by atoms with Crippen LogP contribution in [0, 0.1) is 6.92 Å². The van der Waals surface area contributed by atoms with Crippen LogP contribution in [0.15, 0.2) is 48.7 Å². The molecule has 4 heterocycles. The molecule has 0 N–H and O–H groups in total. The number of thiophene rings is 1. The number of rotatable bonds is 3. The van der Waals surface area contributed by atoms with Gasteiger partial charge < -0.3 is 4.74 Å². The number of nitrogens with zero attached hydrogens (tertiary/aromatic N) is 3. The summed E-state index contributed by atoms with van der Waals surface area (Å²) < 4.78 is 6.17. The highest BCUT2D eigenvalue weighted by Crippen LogP contribution is 2.43. The first-order chi connectivity index (χ1) is 12.2. The molecule has 0 amide bonds. The lowest BCUT2D eigenvalue weighted by Crippen LogP contribution is -2.58. The van der Waals surface area contributed by atoms with Gasteiger partial charge in [-0.1, -0.05) is 30.3 Å². The Labute approximate surface area is 151 Å². The predicted molar refractivity (Wildman–Crippen MR) is 98.3 cm³/mol. The number of likely N-dealkylation sites (tertiary alicyclic amines) is 1. The Balaban J connectivity index is 1.34. The molecule has 1 spiro atoms. The lowest BCUT2D eigenvalue weighted by molar-refractivity contribution is -0.144. The smallest absolute Gasteiger partial charge is 0.159 e. The molecule has 0 aliphatic carbocycles. The minimum Gasteiger partial charge on any atom is -0.361 e. The molecule has 4 nitrogen and oxygen atoms in total. The van der Waals surface area contributed by atoms with Gasteiger partial charge in [-0.3, -0.25) is 4.90 Å². The third-order valence-electron chi connectivity index (χ3n) is 5.01. The first-order valence-corrected chi connectivity index (χ1v) is 9.37. The average Bonchev–Trinajstić information content (AvgIpc) is 3.19. The number of hydrogen-bond donors (Lipinski definition) is 0. The zero-order chi connectivity index (χ0) is 16.9. The standard InChI is InChI=1S/C20H19N3OS/c1-14-7-8-16(25-14)10-23-12-20(13-23)17-9-21-19(22-18(17)11-24-20)15-5-3-2-4-6-15/h2-9H,10-13H2,1H3. The molecule has 126 valence electrons. The van der Waals surface area contributed by atoms with Crippen LogP contribution in [0.25, 0.3) is 11.4 Å². The van der Waals surface area contributed by atoms with E-state index in [2.05, 4.69) is 28.9 Å². The molecule has 2 aromatic heterocycles. The highest BCUT2D eigenvalue weighted by molar-refractivity contribution is 7.11. The van der Waals surface area contributed by atoms with Crippen molar-refractivity contribution in [1.82, 2.24) is 14.9 Å². The Kier molecular flexibility index (Phi) is 3.48. The monoisotopic (exact) mass is 349 g/mol. The van der Waals surface area contributed by atoms with Crippen LogP contribution in [0.3, 0.4) is 0 Å². The summed E-state index contributed by atoms with van der Waals surface area (Å²) in [5, 5.41) is 0. The van der Waals surface area contributed by atoms with Crippen LogP contribution in [0.5, 0.6) is 0 Å². The topological polar surface area (TPSA) is 38.2 Å². The molecule has 25 heavy (non-hydrogen) atoms. The molecule has 1 saturated heterocycles. The lowest BCUT2D eigenvalue weighted by atomic mass is 9.87. The van der Waals surface area contributed by atoms with Gasteiger partial charge in [0.2, 0.25) is 0 Å². The Morgan fingerprint density at radius 2 is 2.00 bits per heavy atom. The second kappa shape index (κ2) is 5.73. The number of aryl methyl sites for hydroxylation is 1. The van der Waals surface area contributed by atoms with E-state index in [0.29, 0.717) is 6.61 Å². The fourth-order valence-corrected chi connectivity index (χ4v) is 4.69. The third-order valence-corrected chi connectivity index (χ3v) is 5.99. The maximum absolute atomic E-state index is 6.17. The zero-order valence-electron chi connectivity index (χ0n) is 14.1. The molecule has 5 rings (SSSR count). The van der Waals surface area contributed by atoms with E-state index < -0.39 is 0 Å². The predicted octanol–water partition coefficient (Wildman–Crippen LogP) is 3.75. The van der Waals surface area contributed by atoms with Gasteiger partial charge in [-0.2, -0.15) is 0 Å². The van der Waals surface area contributed by atoms with Gasteiger partial charge in [0, 0.05) is 46.7 Å². The van der Waals surface area contributed by atoms with Crippen molar-refractivity contribution in [3.05, 3.63) is 69.7 Å². The van der Waals surface area contributed by atoms with E-state index in [-0.39, 0.29) is 5.60 Å². The molecule has 0 bridgehead atoms. The van der Waals surface area contributed by atoms with Gasteiger partial charge in [-0.25, -0.2) is 9.97 Å². The fraction of sp³-hybridized carbons (Fsp3) is 0.300. The molecule has 1 fully saturated rings. The van der Waals surface area contributed by atoms with Crippen molar-refractivity contribution in [2.24, 2.45) is 0 Å². The van der Waals surface area contributed by atoms with Crippen LogP contribution in [0.2, 0.25) is 0 Å². The van der Waals surface area contributed by atoms with Crippen molar-refractivity contribution >= 4 is 11.3 Å². The summed E-state index contributed by atoms with van der Waals surface area (Å²) in [5.74, 6) is 0.783. The van der Waals surface area contributed by atoms with Crippen LogP contribution >= 0.6 is 11.3 Å². The quantitative estimate of drug-likeness (QED) is 0.722. The van der Waals surface area contributed by atoms with Crippen molar-refractivity contribution in [2.45, 2.75) is 25.7 Å². The summed E-state index contributed by atoms with van der Waals surface area (Å²) in [6, 6.07) is 14.5. The SMILES string of the molecule is Cc1ccc(CN2CC3(C2)OCc2nc(-c4ccccc4)ncc23)s1. The van der Waals surface area contributed by atoms with Crippen molar-refractivity contribution in [1.29, 1.82) is 0 Å². The van der Waals surface area contributed by atoms with Gasteiger partial charge in [-0.05, 0) is 19.1 Å². The molecule has 2 aliphatic heterocycles. The van der Waals surface area contributed by atoms with Crippen LogP contribution < -0.4 is 0 Å². The number of ether oxygens (including phenoxy) is 1. The maximum Gasteiger partial charge on any atom is 0.159 e. The van der Waals surface area contributed by atoms with Crippen LogP contribution in [-0.4, -0.2) is 28.0 Å². The van der Waals surface area contributed by atoms with Crippen LogP contribution in [-0.2, 0) is 23.5 Å². The van der Waals surface area contributed by atoms with E-state index in [1.807, 2.05) is 47.9 Å². The van der Waals surface area contributed by atoms with E-state index in [0.717, 1.165) is 36.7 Å². The zero-order valence-corrected chi connectivity index (χ0v) is 14.9. The van der Waals surface area contributed by atoms with E-state index in [1.54, 1.807) is 0 Å². The summed E-state index contributed by atoms with van der Waals surface area (Å²) in [6.45, 7) is 5.59. The van der Waals surface area contributed by atoms with Crippen molar-refractivity contribution in [3.63, 3.8) is 0 Å². The highest BCUT2D eigenvalue weighted by Gasteiger charge is 2.50. The molecule has 3 aromatic rings. The van der Waals surface area contributed by atoms with E-state index >= 15 is 0 Å². The molecule has 0 unspecified atom stereocenters. The first kappa shape index (κ1) is 15.2. The first-order valence-electron chi connectivity index (χ1n) is 8.55. The van der Waals surface area contributed by atoms with Gasteiger partial charge in [-0.15, -0.1) is 11.3 Å². The van der Waals surface area contributed by atoms with Gasteiger partial charge >= 0.3 is 0 Å². The number of fused-ring (bicyclic) bond motifs is 2. The molecule has 1 aromatic carbocycles. The second-order valence-corrected chi connectivity index (χ2v) is 8.23. The van der Waals surface area contributed by atoms with Crippen molar-refractivity contribution in [3.8, 4) is 11.4 Å². The molecular weight excluding hydrogens is 330 g/mol. The Morgan fingerprint density at radius 1 is 1.16 bits per heavy atom. The van der Waals surface area contributed by atoms with E-state index in [9.17, 15) is 0 Å². The molecule has 5 heteroatoms. The van der Waals surface area contributed by atoms with Crippen molar-refractivity contribution < 1.29 is 4.74 Å². The molecule has 0 saturated carbocycles. The van der Waals surface area contributed by atoms with Crippen LogP contribution in [0.4, 0.5) is 0 Å². The average molecular weight is 349 g/mol. The molecule has 2 aliphatic rings. The number of aromatic nitrogens is 2. The minimum atomic E-state index is -0.198. The summed E-state index contributed by atoms with van der Waals surface area (Å²) in [6.07, 6.45) is 1.98. The van der Waals surface area contributed by atoms with Gasteiger partial charge in [0.05, 0.1) is 12.3 Å². The number of benzene rings is 1. The molecular formula is C20H19N3OS. The second-order valence-electron chi connectivity index (χ2n) is 6.86. The molecule has 0 radical (unpaired) electrons. The third kappa shape index (κ3) is 2.59. The van der Waals surface area contributed by atoms with E-state index in [1.165, 1.54) is 15.3 Å². The van der Waals surface area contributed by atoms with Gasteiger partial charge in [0.1, 0.15) is 5.60 Å². The Bertz CT molecular complexity index is 916. The van der Waals surface area contributed by atoms with Gasteiger partial charge in [0.15, 0.2) is 5.82 Å². The molecule has 0 atom stereocenters. The van der Waals surface area contributed by atoms with Crippen LogP contribution in [0.1, 0.15) is 21.0 Å². The summed E-state index contributed by atoms with van der Waals surface area (Å²) in [4.78, 5) is 14.6. The largest absolute Gasteiger partial charge is 0.361 e. The summed E-state index contributed by atoms with van der Waals surface area (Å²) >= 11 is 1.87. The summed E-state index contributed by atoms with van der Waals surface area (Å²) in [7, 11) is 0. The minimum absolute atomic E-state index is 0.198. The normalized spacial score (nSPS) is 18.3. The highest BCUT2D eigenvalue weighted by atomic mass is 32.1. The van der Waals surface area contributed by atoms with Gasteiger partial charge in [0.25, 0.3) is 0 Å². The van der Waals surface area contributed by atoms with Crippen molar-refractivity contribution in [2.75, 3.05) is 13.1 Å². The maximum atomic E-state index is 6.17. The Morgan fingerprint density at radius 3 is 2.76 bits per heavy atom. The fourth-order valence-electron chi connectivity index (χ4n) is 3.76. The summed E-state index contributed by atoms with van der Waals surface area (Å²) in [5.41, 5.74) is 3.07. The lowest BCUT2D eigenvalue weighted by Gasteiger charge is -2.47. The Hall–Kier alpha value is -2.08. The number of hydrogen-bond acceptors (Lipinski definition) is 5. The van der Waals surface area contributed by atoms with E-state index in [4.69, 9.17) is 9.72 Å².